The van der Waals surface area contributed by atoms with Crippen LogP contribution in [-0.4, -0.2) is 12.3 Å². The zero-order valence-corrected chi connectivity index (χ0v) is 11.6. The number of nitrogens with one attached hydrogen (secondary N) is 1. The molecular formula is C10H4Cl3F3N2O2. The summed E-state index contributed by atoms with van der Waals surface area (Å²) in [5, 5.41) is 9.19. The van der Waals surface area contributed by atoms with Gasteiger partial charge < -0.3 is 10.1 Å². The van der Waals surface area contributed by atoms with Crippen molar-refractivity contribution in [2.24, 2.45) is 0 Å². The maximum Gasteiger partial charge on any atom is 0.573 e. The Morgan fingerprint density at radius 1 is 1.35 bits per heavy atom. The predicted octanol–water partition coefficient (Wildman–Crippen LogP) is 4.40. The van der Waals surface area contributed by atoms with Crippen molar-refractivity contribution in [1.82, 2.24) is 0 Å². The summed E-state index contributed by atoms with van der Waals surface area (Å²) in [6.07, 6.45) is -5.45. The summed E-state index contributed by atoms with van der Waals surface area (Å²) in [5.41, 5.74) is -0.201. The van der Waals surface area contributed by atoms with E-state index in [1.807, 2.05) is 0 Å². The first-order valence-corrected chi connectivity index (χ1v) is 5.89. The van der Waals surface area contributed by atoms with Crippen LogP contribution >= 0.6 is 34.8 Å². The van der Waals surface area contributed by atoms with Crippen LogP contribution in [0.1, 0.15) is 6.42 Å². The molecule has 0 saturated heterocycles. The maximum absolute atomic E-state index is 12.1. The Bertz CT molecular complexity index is 585. The molecule has 4 nitrogen and oxygen atoms in total. The van der Waals surface area contributed by atoms with Gasteiger partial charge in [-0.05, 0) is 0 Å². The third-order valence-corrected chi connectivity index (χ3v) is 3.00. The predicted molar refractivity (Wildman–Crippen MR) is 67.0 cm³/mol. The first-order chi connectivity index (χ1) is 9.15. The lowest BCUT2D eigenvalue weighted by atomic mass is 10.2. The topological polar surface area (TPSA) is 62.1 Å². The van der Waals surface area contributed by atoms with E-state index < -0.39 is 34.5 Å². The van der Waals surface area contributed by atoms with Crippen LogP contribution in [-0.2, 0) is 4.79 Å². The number of carbonyl (C=O) groups excluding carboxylic acids is 1. The molecule has 0 aromatic heterocycles. The highest BCUT2D eigenvalue weighted by Crippen LogP contribution is 2.44. The highest BCUT2D eigenvalue weighted by molar-refractivity contribution is 6.47. The number of nitrogens with zero attached hydrogens (tertiary/aromatic N) is 1. The Morgan fingerprint density at radius 2 is 1.95 bits per heavy atom. The fourth-order valence-electron chi connectivity index (χ4n) is 1.14. The van der Waals surface area contributed by atoms with Gasteiger partial charge in [0.05, 0.1) is 21.8 Å². The second-order valence-corrected chi connectivity index (χ2v) is 4.45. The van der Waals surface area contributed by atoms with Gasteiger partial charge in [-0.2, -0.15) is 5.26 Å². The first-order valence-electron chi connectivity index (χ1n) is 4.75. The molecule has 0 heterocycles. The third kappa shape index (κ3) is 4.34. The zero-order chi connectivity index (χ0) is 15.5. The number of benzene rings is 1. The summed E-state index contributed by atoms with van der Waals surface area (Å²) in [6, 6.07) is 2.33. The van der Waals surface area contributed by atoms with Gasteiger partial charge in [-0.25, -0.2) is 0 Å². The third-order valence-electron chi connectivity index (χ3n) is 1.85. The van der Waals surface area contributed by atoms with Gasteiger partial charge in [-0.1, -0.05) is 34.8 Å². The van der Waals surface area contributed by atoms with E-state index >= 15 is 0 Å². The molecule has 1 aromatic rings. The van der Waals surface area contributed by atoms with E-state index in [2.05, 4.69) is 10.1 Å². The van der Waals surface area contributed by atoms with Gasteiger partial charge in [0.2, 0.25) is 5.91 Å². The smallest absolute Gasteiger partial charge is 0.404 e. The van der Waals surface area contributed by atoms with Gasteiger partial charge in [0.1, 0.15) is 11.4 Å². The number of halogens is 6. The molecule has 1 N–H and O–H groups in total. The number of hydrogen-bond acceptors (Lipinski definition) is 3. The quantitative estimate of drug-likeness (QED) is 0.825. The van der Waals surface area contributed by atoms with Crippen molar-refractivity contribution in [3.63, 3.8) is 0 Å². The molecule has 0 saturated carbocycles. The van der Waals surface area contributed by atoms with Crippen LogP contribution in [0.15, 0.2) is 6.07 Å². The fraction of sp³-hybridized carbons (Fsp3) is 0.200. The summed E-state index contributed by atoms with van der Waals surface area (Å²) in [6.45, 7) is 0. The molecule has 20 heavy (non-hydrogen) atoms. The van der Waals surface area contributed by atoms with Crippen molar-refractivity contribution in [3.05, 3.63) is 21.1 Å². The van der Waals surface area contributed by atoms with Gasteiger partial charge in [0.15, 0.2) is 5.75 Å². The monoisotopic (exact) mass is 346 g/mol. The van der Waals surface area contributed by atoms with E-state index in [0.29, 0.717) is 0 Å². The summed E-state index contributed by atoms with van der Waals surface area (Å²) < 4.78 is 40.0. The Morgan fingerprint density at radius 3 is 2.45 bits per heavy atom. The Hall–Kier alpha value is -1.36. The molecule has 0 atom stereocenters. The van der Waals surface area contributed by atoms with Gasteiger partial charge in [0, 0.05) is 6.07 Å². The molecule has 10 heteroatoms. The van der Waals surface area contributed by atoms with Gasteiger partial charge in [-0.15, -0.1) is 13.2 Å². The van der Waals surface area contributed by atoms with E-state index in [1.165, 1.54) is 0 Å². The highest BCUT2D eigenvalue weighted by Gasteiger charge is 2.33. The van der Waals surface area contributed by atoms with Crippen molar-refractivity contribution < 1.29 is 22.7 Å². The Labute approximate surface area is 126 Å². The molecule has 1 amide bonds. The minimum atomic E-state index is -4.97. The average molecular weight is 348 g/mol. The number of anilines is 1. The van der Waals surface area contributed by atoms with Gasteiger partial charge in [0.25, 0.3) is 0 Å². The molecule has 0 radical (unpaired) electrons. The molecule has 0 fully saturated rings. The molecular weight excluding hydrogens is 343 g/mol. The van der Waals surface area contributed by atoms with E-state index in [0.717, 1.165) is 6.07 Å². The van der Waals surface area contributed by atoms with Crippen LogP contribution in [0.5, 0.6) is 5.75 Å². The number of hydrogen-bond donors (Lipinski definition) is 1. The lowest BCUT2D eigenvalue weighted by Gasteiger charge is -2.15. The van der Waals surface area contributed by atoms with E-state index in [1.54, 1.807) is 6.07 Å². The molecule has 0 bridgehead atoms. The van der Waals surface area contributed by atoms with Crippen molar-refractivity contribution >= 4 is 46.4 Å². The van der Waals surface area contributed by atoms with E-state index in [4.69, 9.17) is 40.1 Å². The fourth-order valence-corrected chi connectivity index (χ4v) is 1.86. The molecule has 1 aromatic carbocycles. The number of rotatable bonds is 3. The molecule has 0 aliphatic rings. The van der Waals surface area contributed by atoms with Crippen molar-refractivity contribution in [2.75, 3.05) is 5.32 Å². The summed E-state index contributed by atoms with van der Waals surface area (Å²) >= 11 is 17.0. The van der Waals surface area contributed by atoms with Gasteiger partial charge >= 0.3 is 6.36 Å². The lowest BCUT2D eigenvalue weighted by molar-refractivity contribution is -0.274. The average Bonchev–Trinajstić information content (AvgIpc) is 2.30. The zero-order valence-electron chi connectivity index (χ0n) is 9.32. The van der Waals surface area contributed by atoms with Crippen LogP contribution in [0, 0.1) is 11.3 Å². The number of amides is 1. The molecule has 0 aliphatic heterocycles. The number of ether oxygens (including phenoxy) is 1. The van der Waals surface area contributed by atoms with Crippen LogP contribution < -0.4 is 10.1 Å². The summed E-state index contributed by atoms with van der Waals surface area (Å²) in [5.74, 6) is -1.54. The van der Waals surface area contributed by atoms with Gasteiger partial charge in [-0.3, -0.25) is 4.79 Å². The molecule has 0 spiro atoms. The Kier molecular flexibility index (Phi) is 5.34. The molecule has 108 valence electrons. The van der Waals surface area contributed by atoms with Crippen LogP contribution in [0.25, 0.3) is 0 Å². The van der Waals surface area contributed by atoms with Crippen molar-refractivity contribution in [2.45, 2.75) is 12.8 Å². The largest absolute Gasteiger partial charge is 0.573 e. The summed E-state index contributed by atoms with van der Waals surface area (Å²) in [4.78, 5) is 11.2. The Balaban J connectivity index is 3.16. The SMILES string of the molecule is N#CCC(=O)Nc1c(Cl)cc(OC(F)(F)F)c(Cl)c1Cl. The standard InChI is InChI=1S/C10H4Cl3F3N2O2/c11-4-3-5(20-10(14,15)16)7(12)8(13)9(4)18-6(19)1-2-17/h3H,1H2,(H,18,19). The van der Waals surface area contributed by atoms with Crippen LogP contribution in [0.3, 0.4) is 0 Å². The normalized spacial score (nSPS) is 10.8. The second-order valence-electron chi connectivity index (χ2n) is 3.29. The first kappa shape index (κ1) is 16.7. The number of carbonyl (C=O) groups is 1. The van der Waals surface area contributed by atoms with Crippen molar-refractivity contribution in [1.29, 1.82) is 5.26 Å². The van der Waals surface area contributed by atoms with Crippen LogP contribution in [0.2, 0.25) is 15.1 Å². The van der Waals surface area contributed by atoms with E-state index in [-0.39, 0.29) is 10.7 Å². The molecule has 1 rings (SSSR count). The maximum atomic E-state index is 12.1. The second kappa shape index (κ2) is 6.39. The molecule has 0 unspecified atom stereocenters. The van der Waals surface area contributed by atoms with Crippen LogP contribution in [0.4, 0.5) is 18.9 Å². The highest BCUT2D eigenvalue weighted by atomic mass is 35.5. The number of alkyl halides is 3. The molecule has 0 aliphatic carbocycles. The number of nitriles is 1. The minimum Gasteiger partial charge on any atom is -0.404 e. The van der Waals surface area contributed by atoms with E-state index in [9.17, 15) is 18.0 Å². The lowest BCUT2D eigenvalue weighted by Crippen LogP contribution is -2.18. The van der Waals surface area contributed by atoms with Crippen molar-refractivity contribution in [3.8, 4) is 11.8 Å². The summed E-state index contributed by atoms with van der Waals surface area (Å²) in [7, 11) is 0. The minimum absolute atomic E-state index is 0.201.